The molecule has 2 rings (SSSR count). The van der Waals surface area contributed by atoms with E-state index >= 15 is 0 Å². The van der Waals surface area contributed by atoms with E-state index in [0.717, 1.165) is 5.56 Å². The molecule has 7 heteroatoms. The molecule has 2 aromatic heterocycles. The van der Waals surface area contributed by atoms with E-state index in [-0.39, 0.29) is 6.42 Å². The number of carbonyl (C=O) groups excluding carboxylic acids is 1. The highest BCUT2D eigenvalue weighted by Crippen LogP contribution is 2.21. The van der Waals surface area contributed by atoms with Crippen molar-refractivity contribution in [1.29, 1.82) is 0 Å². The zero-order chi connectivity index (χ0) is 13.0. The van der Waals surface area contributed by atoms with Crippen molar-refractivity contribution < 1.29 is 9.90 Å². The van der Waals surface area contributed by atoms with E-state index in [2.05, 4.69) is 15.2 Å². The van der Waals surface area contributed by atoms with Crippen LogP contribution in [0.5, 0.6) is 0 Å². The summed E-state index contributed by atoms with van der Waals surface area (Å²) in [6.07, 6.45) is 3.40. The van der Waals surface area contributed by atoms with E-state index in [9.17, 15) is 9.90 Å². The third kappa shape index (κ3) is 2.86. The summed E-state index contributed by atoms with van der Waals surface area (Å²) in [6.45, 7) is 0. The maximum atomic E-state index is 10.3. The fraction of sp³-hybridized carbons (Fsp3) is 0.273. The first kappa shape index (κ1) is 12.6. The third-order valence-electron chi connectivity index (χ3n) is 2.29. The second kappa shape index (κ2) is 5.63. The van der Waals surface area contributed by atoms with Crippen molar-refractivity contribution >= 4 is 17.7 Å². The van der Waals surface area contributed by atoms with Crippen LogP contribution in [0.4, 0.5) is 0 Å². The summed E-state index contributed by atoms with van der Waals surface area (Å²) in [7, 11) is 1.84. The largest absolute Gasteiger partial charge is 0.550 e. The molecule has 0 aliphatic rings. The molecule has 0 aliphatic carbocycles. The van der Waals surface area contributed by atoms with Crippen LogP contribution in [0.3, 0.4) is 0 Å². The summed E-state index contributed by atoms with van der Waals surface area (Å²) in [6, 6.07) is 3.72. The van der Waals surface area contributed by atoms with Gasteiger partial charge in [0.05, 0.1) is 0 Å². The van der Waals surface area contributed by atoms with Crippen molar-refractivity contribution in [3.63, 3.8) is 0 Å². The Labute approximate surface area is 108 Å². The highest BCUT2D eigenvalue weighted by molar-refractivity contribution is 7.99. The lowest BCUT2D eigenvalue weighted by molar-refractivity contribution is -0.305. The fourth-order valence-corrected chi connectivity index (χ4v) is 2.24. The molecule has 0 fully saturated rings. The summed E-state index contributed by atoms with van der Waals surface area (Å²) in [5.74, 6) is 0.0673. The van der Waals surface area contributed by atoms with Gasteiger partial charge in [-0.15, -0.1) is 10.2 Å². The van der Waals surface area contributed by atoms with Gasteiger partial charge in [0.2, 0.25) is 0 Å². The lowest BCUT2D eigenvalue weighted by atomic mass is 10.3. The molecule has 2 aromatic rings. The summed E-state index contributed by atoms with van der Waals surface area (Å²) < 4.78 is 1.82. The predicted octanol–water partition coefficient (Wildman–Crippen LogP) is 0.109. The number of aliphatic carboxylic acids is 1. The molecule has 2 heterocycles. The molecule has 0 saturated heterocycles. The number of rotatable bonds is 5. The van der Waals surface area contributed by atoms with Gasteiger partial charge in [-0.2, -0.15) is 0 Å². The normalized spacial score (nSPS) is 10.5. The Morgan fingerprint density at radius 2 is 2.33 bits per heavy atom. The SMILES string of the molecule is Cn1c(SCCC(=O)[O-])nnc1-c1cccnc1. The van der Waals surface area contributed by atoms with Gasteiger partial charge < -0.3 is 14.5 Å². The molecule has 0 spiro atoms. The van der Waals surface area contributed by atoms with Crippen molar-refractivity contribution in [2.45, 2.75) is 11.6 Å². The second-order valence-electron chi connectivity index (χ2n) is 3.58. The Balaban J connectivity index is 2.12. The zero-order valence-electron chi connectivity index (χ0n) is 9.74. The summed E-state index contributed by atoms with van der Waals surface area (Å²) in [4.78, 5) is 14.3. The van der Waals surface area contributed by atoms with E-state index in [4.69, 9.17) is 0 Å². The summed E-state index contributed by atoms with van der Waals surface area (Å²) >= 11 is 1.34. The topological polar surface area (TPSA) is 83.7 Å². The highest BCUT2D eigenvalue weighted by Gasteiger charge is 2.10. The zero-order valence-corrected chi connectivity index (χ0v) is 10.6. The molecule has 0 aliphatic heterocycles. The van der Waals surface area contributed by atoms with Gasteiger partial charge in [-0.25, -0.2) is 0 Å². The third-order valence-corrected chi connectivity index (χ3v) is 3.31. The van der Waals surface area contributed by atoms with Crippen LogP contribution < -0.4 is 5.11 Å². The highest BCUT2D eigenvalue weighted by atomic mass is 32.2. The smallest absolute Gasteiger partial charge is 0.191 e. The molecule has 94 valence electrons. The number of thioether (sulfide) groups is 1. The molecule has 0 saturated carbocycles. The summed E-state index contributed by atoms with van der Waals surface area (Å²) in [5.41, 5.74) is 0.874. The van der Waals surface area contributed by atoms with Gasteiger partial charge in [-0.1, -0.05) is 11.8 Å². The minimum absolute atomic E-state index is 0.000245. The van der Waals surface area contributed by atoms with Crippen molar-refractivity contribution in [3.8, 4) is 11.4 Å². The predicted molar refractivity (Wildman–Crippen MR) is 64.6 cm³/mol. The van der Waals surface area contributed by atoms with Crippen LogP contribution in [0, 0.1) is 0 Å². The van der Waals surface area contributed by atoms with Crippen LogP contribution >= 0.6 is 11.8 Å². The molecular formula is C11H11N4O2S-. The van der Waals surface area contributed by atoms with Gasteiger partial charge in [0, 0.05) is 36.7 Å². The Hall–Kier alpha value is -1.89. The van der Waals surface area contributed by atoms with E-state index in [1.165, 1.54) is 11.8 Å². The fourth-order valence-electron chi connectivity index (χ4n) is 1.41. The number of hydrogen-bond acceptors (Lipinski definition) is 6. The molecule has 0 amide bonds. The van der Waals surface area contributed by atoms with Gasteiger partial charge in [-0.3, -0.25) is 4.98 Å². The molecular weight excluding hydrogens is 252 g/mol. The van der Waals surface area contributed by atoms with Crippen molar-refractivity contribution in [1.82, 2.24) is 19.7 Å². The Morgan fingerprint density at radius 3 is 3.00 bits per heavy atom. The van der Waals surface area contributed by atoms with Crippen LogP contribution in [0.2, 0.25) is 0 Å². The number of carbonyl (C=O) groups is 1. The second-order valence-corrected chi connectivity index (χ2v) is 4.64. The number of carboxylic acid groups (broad SMARTS) is 1. The Kier molecular flexibility index (Phi) is 3.93. The number of hydrogen-bond donors (Lipinski definition) is 0. The van der Waals surface area contributed by atoms with Crippen LogP contribution in [-0.2, 0) is 11.8 Å². The van der Waals surface area contributed by atoms with E-state index in [0.29, 0.717) is 16.7 Å². The quantitative estimate of drug-likeness (QED) is 0.712. The van der Waals surface area contributed by atoms with Crippen LogP contribution in [0.25, 0.3) is 11.4 Å². The van der Waals surface area contributed by atoms with Gasteiger partial charge in [-0.05, 0) is 18.6 Å². The minimum atomic E-state index is -1.06. The first-order valence-corrected chi connectivity index (χ1v) is 6.29. The van der Waals surface area contributed by atoms with Crippen molar-refractivity contribution in [2.24, 2.45) is 7.05 Å². The molecule has 6 nitrogen and oxygen atoms in total. The van der Waals surface area contributed by atoms with E-state index < -0.39 is 5.97 Å². The molecule has 18 heavy (non-hydrogen) atoms. The summed E-state index contributed by atoms with van der Waals surface area (Å²) in [5, 5.41) is 19.1. The van der Waals surface area contributed by atoms with Crippen LogP contribution in [-0.4, -0.2) is 31.5 Å². The number of aromatic nitrogens is 4. The van der Waals surface area contributed by atoms with Crippen molar-refractivity contribution in [2.75, 3.05) is 5.75 Å². The monoisotopic (exact) mass is 263 g/mol. The average molecular weight is 263 g/mol. The maximum absolute atomic E-state index is 10.3. The molecule has 0 radical (unpaired) electrons. The molecule has 0 N–H and O–H groups in total. The van der Waals surface area contributed by atoms with Gasteiger partial charge in [0.15, 0.2) is 11.0 Å². The first-order chi connectivity index (χ1) is 8.68. The average Bonchev–Trinajstić information content (AvgIpc) is 2.72. The Morgan fingerprint density at radius 1 is 1.50 bits per heavy atom. The van der Waals surface area contributed by atoms with Gasteiger partial charge in [0.1, 0.15) is 0 Å². The van der Waals surface area contributed by atoms with Gasteiger partial charge in [0.25, 0.3) is 0 Å². The lowest BCUT2D eigenvalue weighted by Crippen LogP contribution is -2.22. The van der Waals surface area contributed by atoms with E-state index in [1.807, 2.05) is 23.7 Å². The van der Waals surface area contributed by atoms with E-state index in [1.54, 1.807) is 12.4 Å². The molecule has 0 unspecified atom stereocenters. The lowest BCUT2D eigenvalue weighted by Gasteiger charge is -2.03. The van der Waals surface area contributed by atoms with Crippen molar-refractivity contribution in [3.05, 3.63) is 24.5 Å². The number of carboxylic acids is 1. The number of nitrogens with zero attached hydrogens (tertiary/aromatic N) is 4. The van der Waals surface area contributed by atoms with Crippen LogP contribution in [0.15, 0.2) is 29.7 Å². The standard InChI is InChI=1S/C11H12N4O2S/c1-15-10(8-3-2-5-12-7-8)13-14-11(15)18-6-4-9(16)17/h2-3,5,7H,4,6H2,1H3,(H,16,17)/p-1. The van der Waals surface area contributed by atoms with Gasteiger partial charge >= 0.3 is 0 Å². The maximum Gasteiger partial charge on any atom is 0.191 e. The Bertz CT molecular complexity index is 541. The minimum Gasteiger partial charge on any atom is -0.550 e. The molecule has 0 atom stereocenters. The molecule has 0 bridgehead atoms. The van der Waals surface area contributed by atoms with Crippen LogP contribution in [0.1, 0.15) is 6.42 Å². The molecule has 0 aromatic carbocycles. The number of pyridine rings is 1. The first-order valence-electron chi connectivity index (χ1n) is 5.31.